The lowest BCUT2D eigenvalue weighted by Crippen LogP contribution is -2.47. The number of aromatic nitrogens is 1. The van der Waals surface area contributed by atoms with Crippen LogP contribution in [0, 0.1) is 0 Å². The Morgan fingerprint density at radius 1 is 1.45 bits per heavy atom. The number of nitrogens with two attached hydrogens (primary N) is 1. The number of likely N-dealkylation sites (N-methyl/N-ethyl adjacent to an activating group) is 2. The summed E-state index contributed by atoms with van der Waals surface area (Å²) in [5.41, 5.74) is 6.43. The van der Waals surface area contributed by atoms with Crippen LogP contribution in [0.15, 0.2) is 17.2 Å². The van der Waals surface area contributed by atoms with Gasteiger partial charge in [-0.15, -0.1) is 0 Å². The van der Waals surface area contributed by atoms with E-state index in [4.69, 9.17) is 5.73 Å². The fraction of sp³-hybridized carbons (Fsp3) is 0.692. The molecule has 1 saturated heterocycles. The molecule has 1 aromatic rings. The summed E-state index contributed by atoms with van der Waals surface area (Å²) in [4.78, 5) is 2.51. The smallest absolute Gasteiger partial charge is 0.244 e. The predicted octanol–water partition coefficient (Wildman–Crippen LogP) is 0.199. The average molecular weight is 300 g/mol. The van der Waals surface area contributed by atoms with E-state index in [1.54, 1.807) is 23.9 Å². The summed E-state index contributed by atoms with van der Waals surface area (Å²) < 4.78 is 28.6. The number of sulfonamides is 1. The Morgan fingerprint density at radius 2 is 2.15 bits per heavy atom. The molecule has 2 N–H and O–H groups in total. The van der Waals surface area contributed by atoms with Gasteiger partial charge in [0.1, 0.15) is 4.90 Å². The molecule has 1 aliphatic heterocycles. The van der Waals surface area contributed by atoms with Crippen molar-refractivity contribution in [3.63, 3.8) is 0 Å². The van der Waals surface area contributed by atoms with E-state index in [1.807, 2.05) is 14.1 Å². The Balaban J connectivity index is 2.24. The van der Waals surface area contributed by atoms with Crippen LogP contribution < -0.4 is 5.73 Å². The Morgan fingerprint density at radius 3 is 2.70 bits per heavy atom. The standard InChI is InChI=1S/C13H24N4O2S/c1-15-6-4-5-11(9-15)17(3)20(18,19)13-7-12(8-14)16(2)10-13/h7,10-11H,4-6,8-9,14H2,1-3H3. The zero-order valence-corrected chi connectivity index (χ0v) is 13.2. The minimum atomic E-state index is -3.44. The molecule has 2 heterocycles. The number of hydrogen-bond donors (Lipinski definition) is 1. The van der Waals surface area contributed by atoms with Crippen LogP contribution in [0.2, 0.25) is 0 Å². The maximum atomic E-state index is 12.7. The van der Waals surface area contributed by atoms with Crippen molar-refractivity contribution < 1.29 is 8.42 Å². The van der Waals surface area contributed by atoms with Gasteiger partial charge in [0, 0.05) is 45.1 Å². The van der Waals surface area contributed by atoms with E-state index in [-0.39, 0.29) is 6.04 Å². The lowest BCUT2D eigenvalue weighted by molar-refractivity contribution is 0.187. The molecule has 1 atom stereocenters. The summed E-state index contributed by atoms with van der Waals surface area (Å²) >= 11 is 0. The molecule has 0 bridgehead atoms. The van der Waals surface area contributed by atoms with Gasteiger partial charge in [0.25, 0.3) is 0 Å². The monoisotopic (exact) mass is 300 g/mol. The van der Waals surface area contributed by atoms with Gasteiger partial charge < -0.3 is 15.2 Å². The number of rotatable bonds is 4. The molecule has 1 unspecified atom stereocenters. The molecule has 0 spiro atoms. The normalized spacial score (nSPS) is 21.6. The molecule has 0 saturated carbocycles. The van der Waals surface area contributed by atoms with E-state index >= 15 is 0 Å². The minimum Gasteiger partial charge on any atom is -0.352 e. The number of nitrogens with zero attached hydrogens (tertiary/aromatic N) is 3. The molecule has 20 heavy (non-hydrogen) atoms. The number of hydrogen-bond acceptors (Lipinski definition) is 4. The van der Waals surface area contributed by atoms with Crippen molar-refractivity contribution >= 4 is 10.0 Å². The largest absolute Gasteiger partial charge is 0.352 e. The van der Waals surface area contributed by atoms with Gasteiger partial charge in [-0.2, -0.15) is 4.31 Å². The van der Waals surface area contributed by atoms with Crippen LogP contribution in [0.25, 0.3) is 0 Å². The third-order valence-electron chi connectivity index (χ3n) is 4.08. The maximum absolute atomic E-state index is 12.7. The van der Waals surface area contributed by atoms with Crippen LogP contribution in [0.1, 0.15) is 18.5 Å². The molecule has 1 aromatic heterocycles. The average Bonchev–Trinajstić information content (AvgIpc) is 2.79. The molecule has 0 aliphatic carbocycles. The Bertz CT molecular complexity index is 567. The number of aryl methyl sites for hydroxylation is 1. The zero-order chi connectivity index (χ0) is 14.9. The van der Waals surface area contributed by atoms with Gasteiger partial charge in [-0.1, -0.05) is 0 Å². The Kier molecular flexibility index (Phi) is 4.53. The quantitative estimate of drug-likeness (QED) is 0.862. The van der Waals surface area contributed by atoms with E-state index < -0.39 is 10.0 Å². The van der Waals surface area contributed by atoms with E-state index in [1.165, 1.54) is 4.31 Å². The van der Waals surface area contributed by atoms with Crippen LogP contribution in [0.5, 0.6) is 0 Å². The molecule has 2 rings (SSSR count). The molecule has 0 amide bonds. The van der Waals surface area contributed by atoms with Gasteiger partial charge in [0.2, 0.25) is 10.0 Å². The van der Waals surface area contributed by atoms with Crippen LogP contribution in [0.4, 0.5) is 0 Å². The highest BCUT2D eigenvalue weighted by Gasteiger charge is 2.31. The summed E-state index contributed by atoms with van der Waals surface area (Å²) in [5, 5.41) is 0. The van der Waals surface area contributed by atoms with Crippen molar-refractivity contribution in [3.8, 4) is 0 Å². The first-order valence-electron chi connectivity index (χ1n) is 6.88. The second-order valence-electron chi connectivity index (χ2n) is 5.56. The molecular formula is C13H24N4O2S. The van der Waals surface area contributed by atoms with E-state index in [9.17, 15) is 8.42 Å². The lowest BCUT2D eigenvalue weighted by Gasteiger charge is -2.34. The number of piperidine rings is 1. The fourth-order valence-corrected chi connectivity index (χ4v) is 4.19. The van der Waals surface area contributed by atoms with Crippen LogP contribution in [-0.4, -0.2) is 55.4 Å². The third kappa shape index (κ3) is 2.90. The SMILES string of the molecule is CN1CCCC(N(C)S(=O)(=O)c2cc(CN)n(C)c2)C1. The van der Waals surface area contributed by atoms with Crippen molar-refractivity contribution in [3.05, 3.63) is 18.0 Å². The highest BCUT2D eigenvalue weighted by atomic mass is 32.2. The lowest BCUT2D eigenvalue weighted by atomic mass is 10.1. The molecule has 7 heteroatoms. The molecule has 114 valence electrons. The van der Waals surface area contributed by atoms with Gasteiger partial charge in [-0.05, 0) is 32.5 Å². The second kappa shape index (κ2) is 5.85. The summed E-state index contributed by atoms with van der Waals surface area (Å²) in [6.07, 6.45) is 3.58. The van der Waals surface area contributed by atoms with Gasteiger partial charge >= 0.3 is 0 Å². The summed E-state index contributed by atoms with van der Waals surface area (Å²) in [6, 6.07) is 1.71. The van der Waals surface area contributed by atoms with Crippen molar-refractivity contribution in [2.45, 2.75) is 30.3 Å². The summed E-state index contributed by atoms with van der Waals surface area (Å²) in [5.74, 6) is 0. The van der Waals surface area contributed by atoms with Gasteiger partial charge in [-0.3, -0.25) is 0 Å². The van der Waals surface area contributed by atoms with Crippen molar-refractivity contribution in [2.75, 3.05) is 27.2 Å². The van der Waals surface area contributed by atoms with E-state index in [2.05, 4.69) is 4.90 Å². The van der Waals surface area contributed by atoms with E-state index in [0.717, 1.165) is 31.6 Å². The Labute approximate surface area is 121 Å². The van der Waals surface area contributed by atoms with Crippen molar-refractivity contribution in [1.29, 1.82) is 0 Å². The predicted molar refractivity (Wildman–Crippen MR) is 78.8 cm³/mol. The molecule has 1 fully saturated rings. The first-order chi connectivity index (χ1) is 9.36. The first kappa shape index (κ1) is 15.5. The van der Waals surface area contributed by atoms with Gasteiger partial charge in [0.15, 0.2) is 0 Å². The van der Waals surface area contributed by atoms with Crippen LogP contribution in [-0.2, 0) is 23.6 Å². The fourth-order valence-electron chi connectivity index (χ4n) is 2.72. The summed E-state index contributed by atoms with van der Waals surface area (Å²) in [6.45, 7) is 2.15. The third-order valence-corrected chi connectivity index (χ3v) is 5.96. The number of likely N-dealkylation sites (tertiary alicyclic amines) is 1. The van der Waals surface area contributed by atoms with Crippen molar-refractivity contribution in [1.82, 2.24) is 13.8 Å². The molecule has 6 nitrogen and oxygen atoms in total. The van der Waals surface area contributed by atoms with Crippen LogP contribution in [0.3, 0.4) is 0 Å². The topological polar surface area (TPSA) is 71.6 Å². The van der Waals surface area contributed by atoms with Gasteiger partial charge in [-0.25, -0.2) is 8.42 Å². The second-order valence-corrected chi connectivity index (χ2v) is 7.56. The molecule has 0 aromatic carbocycles. The van der Waals surface area contributed by atoms with Gasteiger partial charge in [0.05, 0.1) is 0 Å². The molecular weight excluding hydrogens is 276 g/mol. The highest BCUT2D eigenvalue weighted by Crippen LogP contribution is 2.23. The van der Waals surface area contributed by atoms with Crippen molar-refractivity contribution in [2.24, 2.45) is 12.8 Å². The first-order valence-corrected chi connectivity index (χ1v) is 8.32. The Hall–Kier alpha value is -0.890. The molecule has 0 radical (unpaired) electrons. The zero-order valence-electron chi connectivity index (χ0n) is 12.4. The van der Waals surface area contributed by atoms with E-state index in [0.29, 0.717) is 11.4 Å². The summed E-state index contributed by atoms with van der Waals surface area (Å²) in [7, 11) is 2.08. The highest BCUT2D eigenvalue weighted by molar-refractivity contribution is 7.89. The minimum absolute atomic E-state index is 0.0419. The maximum Gasteiger partial charge on any atom is 0.244 e. The molecule has 1 aliphatic rings. The van der Waals surface area contributed by atoms with Crippen LogP contribution >= 0.6 is 0 Å².